The van der Waals surface area contributed by atoms with Gasteiger partial charge in [-0.05, 0) is 31.2 Å². The summed E-state index contributed by atoms with van der Waals surface area (Å²) in [5.41, 5.74) is 1.62. The molecule has 0 aliphatic carbocycles. The number of guanidine groups is 1. The number of hydrogen-bond donors (Lipinski definition) is 3. The lowest BCUT2D eigenvalue weighted by Gasteiger charge is -2.37. The van der Waals surface area contributed by atoms with Crippen molar-refractivity contribution in [3.63, 3.8) is 0 Å². The van der Waals surface area contributed by atoms with Crippen molar-refractivity contribution in [2.24, 2.45) is 4.99 Å². The summed E-state index contributed by atoms with van der Waals surface area (Å²) in [6.07, 6.45) is 0. The Labute approximate surface area is 188 Å². The molecule has 1 aliphatic rings. The number of amides is 1. The number of carbonyl (C=O) groups excluding carboxylic acids is 1. The molecule has 1 saturated heterocycles. The zero-order valence-corrected chi connectivity index (χ0v) is 18.9. The minimum atomic E-state index is -0.144. The average molecular weight is 509 g/mol. The fourth-order valence-corrected chi connectivity index (χ4v) is 3.19. The molecular weight excluding hydrogens is 481 g/mol. The predicted molar refractivity (Wildman–Crippen MR) is 128 cm³/mol. The number of phenolic OH excluding ortho intramolecular Hbond substituents is 1. The van der Waals surface area contributed by atoms with Gasteiger partial charge in [0.2, 0.25) is 5.91 Å². The Morgan fingerprint density at radius 3 is 2.34 bits per heavy atom. The minimum Gasteiger partial charge on any atom is -0.506 e. The van der Waals surface area contributed by atoms with Crippen LogP contribution >= 0.6 is 24.0 Å². The van der Waals surface area contributed by atoms with Crippen LogP contribution in [-0.2, 0) is 4.79 Å². The quantitative estimate of drug-likeness (QED) is 0.328. The third-order valence-electron chi connectivity index (χ3n) is 4.57. The summed E-state index contributed by atoms with van der Waals surface area (Å²) in [7, 11) is 0. The Kier molecular flexibility index (Phi) is 9.04. The predicted octanol–water partition coefficient (Wildman–Crippen LogP) is 2.74. The molecule has 0 atom stereocenters. The van der Waals surface area contributed by atoms with Gasteiger partial charge in [-0.15, -0.1) is 24.0 Å². The summed E-state index contributed by atoms with van der Waals surface area (Å²) in [5, 5.41) is 16.2. The van der Waals surface area contributed by atoms with Crippen molar-refractivity contribution in [1.29, 1.82) is 0 Å². The molecule has 1 aliphatic heterocycles. The minimum absolute atomic E-state index is 0. The van der Waals surface area contributed by atoms with E-state index < -0.39 is 0 Å². The summed E-state index contributed by atoms with van der Waals surface area (Å²) >= 11 is 0. The molecule has 1 fully saturated rings. The van der Waals surface area contributed by atoms with E-state index in [2.05, 4.69) is 25.4 Å². The van der Waals surface area contributed by atoms with Crippen LogP contribution in [0.15, 0.2) is 59.6 Å². The summed E-state index contributed by atoms with van der Waals surface area (Å²) < 4.78 is 0. The second-order valence-corrected chi connectivity index (χ2v) is 6.55. The fraction of sp³-hybridized carbons (Fsp3) is 0.333. The number of nitrogens with one attached hydrogen (secondary N) is 2. The molecule has 0 saturated carbocycles. The first kappa shape index (κ1) is 22.8. The standard InChI is InChI=1S/C21H27N5O2.HI/c1-2-22-21(23-16-20(28)24-17-8-4-3-5-9-17)26-14-12-25(13-15-26)18-10-6-7-11-19(18)27;/h3-11,27H,2,12-16H2,1H3,(H,22,23)(H,24,28);1H. The third-order valence-corrected chi connectivity index (χ3v) is 4.57. The number of para-hydroxylation sites is 3. The molecule has 8 heteroatoms. The van der Waals surface area contributed by atoms with E-state index >= 15 is 0 Å². The van der Waals surface area contributed by atoms with Crippen LogP contribution < -0.4 is 15.5 Å². The number of hydrogen-bond acceptors (Lipinski definition) is 4. The molecule has 1 amide bonds. The Morgan fingerprint density at radius 1 is 1.03 bits per heavy atom. The summed E-state index contributed by atoms with van der Waals surface area (Å²) in [4.78, 5) is 21.0. The van der Waals surface area contributed by atoms with Crippen LogP contribution in [0.1, 0.15) is 6.92 Å². The van der Waals surface area contributed by atoms with Crippen molar-refractivity contribution in [1.82, 2.24) is 10.2 Å². The number of carbonyl (C=O) groups is 1. The molecule has 0 radical (unpaired) electrons. The lowest BCUT2D eigenvalue weighted by molar-refractivity contribution is -0.114. The SMILES string of the molecule is CCNC(=NCC(=O)Nc1ccccc1)N1CCN(c2ccccc2O)CC1.I. The molecule has 0 spiro atoms. The number of piperazine rings is 1. The molecule has 1 heterocycles. The summed E-state index contributed by atoms with van der Waals surface area (Å²) in [5.74, 6) is 0.895. The maximum absolute atomic E-state index is 12.2. The molecule has 0 unspecified atom stereocenters. The zero-order valence-electron chi connectivity index (χ0n) is 16.5. The maximum atomic E-state index is 12.2. The van der Waals surface area contributed by atoms with Crippen LogP contribution in [0.25, 0.3) is 0 Å². The lowest BCUT2D eigenvalue weighted by Crippen LogP contribution is -2.52. The van der Waals surface area contributed by atoms with Crippen molar-refractivity contribution in [3.05, 3.63) is 54.6 Å². The van der Waals surface area contributed by atoms with Gasteiger partial charge in [0.1, 0.15) is 12.3 Å². The number of anilines is 2. The van der Waals surface area contributed by atoms with Crippen molar-refractivity contribution in [3.8, 4) is 5.75 Å². The van der Waals surface area contributed by atoms with Crippen LogP contribution in [0.5, 0.6) is 5.75 Å². The number of aliphatic imine (C=N–C) groups is 1. The summed E-state index contributed by atoms with van der Waals surface area (Å²) in [6, 6.07) is 16.8. The van der Waals surface area contributed by atoms with Crippen molar-refractivity contribution < 1.29 is 9.90 Å². The van der Waals surface area contributed by atoms with Crippen LogP contribution in [0, 0.1) is 0 Å². The van der Waals surface area contributed by atoms with Crippen LogP contribution in [-0.4, -0.2) is 61.1 Å². The average Bonchev–Trinajstić information content (AvgIpc) is 2.72. The van der Waals surface area contributed by atoms with E-state index in [0.717, 1.165) is 50.1 Å². The van der Waals surface area contributed by atoms with E-state index in [1.54, 1.807) is 6.07 Å². The Hall–Kier alpha value is -2.49. The normalized spacial score (nSPS) is 14.2. The first-order valence-electron chi connectivity index (χ1n) is 9.58. The maximum Gasteiger partial charge on any atom is 0.246 e. The topological polar surface area (TPSA) is 80.2 Å². The van der Waals surface area contributed by atoms with Gasteiger partial charge in [-0.3, -0.25) is 4.79 Å². The molecular formula is C21H28IN5O2. The first-order chi connectivity index (χ1) is 13.7. The molecule has 0 bridgehead atoms. The van der Waals surface area contributed by atoms with E-state index in [4.69, 9.17) is 0 Å². The van der Waals surface area contributed by atoms with Gasteiger partial charge in [-0.2, -0.15) is 0 Å². The van der Waals surface area contributed by atoms with Gasteiger partial charge in [-0.1, -0.05) is 30.3 Å². The fourth-order valence-electron chi connectivity index (χ4n) is 3.19. The number of halogens is 1. The third kappa shape index (κ3) is 6.52. The molecule has 2 aromatic carbocycles. The smallest absolute Gasteiger partial charge is 0.246 e. The highest BCUT2D eigenvalue weighted by atomic mass is 127. The Balaban J connectivity index is 0.00000300. The van der Waals surface area contributed by atoms with Gasteiger partial charge < -0.3 is 25.5 Å². The highest BCUT2D eigenvalue weighted by Crippen LogP contribution is 2.27. The summed E-state index contributed by atoms with van der Waals surface area (Å²) in [6.45, 7) is 5.89. The van der Waals surface area contributed by atoms with E-state index in [1.165, 1.54) is 0 Å². The highest BCUT2D eigenvalue weighted by molar-refractivity contribution is 14.0. The van der Waals surface area contributed by atoms with E-state index in [9.17, 15) is 9.90 Å². The van der Waals surface area contributed by atoms with Crippen molar-refractivity contribution in [2.75, 3.05) is 49.5 Å². The second-order valence-electron chi connectivity index (χ2n) is 6.55. The molecule has 156 valence electrons. The molecule has 7 nitrogen and oxygen atoms in total. The second kappa shape index (κ2) is 11.5. The molecule has 2 aromatic rings. The zero-order chi connectivity index (χ0) is 19.8. The number of rotatable bonds is 5. The van der Waals surface area contributed by atoms with Crippen molar-refractivity contribution in [2.45, 2.75) is 6.92 Å². The highest BCUT2D eigenvalue weighted by Gasteiger charge is 2.21. The van der Waals surface area contributed by atoms with Gasteiger partial charge in [0.05, 0.1) is 5.69 Å². The largest absolute Gasteiger partial charge is 0.506 e. The molecule has 3 N–H and O–H groups in total. The van der Waals surface area contributed by atoms with E-state index in [-0.39, 0.29) is 36.4 Å². The van der Waals surface area contributed by atoms with Crippen molar-refractivity contribution >= 4 is 47.2 Å². The van der Waals surface area contributed by atoms with Gasteiger partial charge in [0, 0.05) is 38.4 Å². The van der Waals surface area contributed by atoms with Gasteiger partial charge in [-0.25, -0.2) is 4.99 Å². The van der Waals surface area contributed by atoms with Gasteiger partial charge in [0.15, 0.2) is 5.96 Å². The first-order valence-corrected chi connectivity index (χ1v) is 9.58. The Morgan fingerprint density at radius 2 is 1.69 bits per heavy atom. The number of aromatic hydroxyl groups is 1. The van der Waals surface area contributed by atoms with Gasteiger partial charge in [0.25, 0.3) is 0 Å². The van der Waals surface area contributed by atoms with Crippen LogP contribution in [0.3, 0.4) is 0 Å². The molecule has 29 heavy (non-hydrogen) atoms. The lowest BCUT2D eigenvalue weighted by atomic mass is 10.2. The van der Waals surface area contributed by atoms with E-state index in [0.29, 0.717) is 5.75 Å². The number of nitrogens with zero attached hydrogens (tertiary/aromatic N) is 3. The molecule has 3 rings (SSSR count). The van der Waals surface area contributed by atoms with Crippen LogP contribution in [0.2, 0.25) is 0 Å². The number of benzene rings is 2. The van der Waals surface area contributed by atoms with Gasteiger partial charge >= 0.3 is 0 Å². The molecule has 0 aromatic heterocycles. The number of phenols is 1. The Bertz CT molecular complexity index is 808. The van der Waals surface area contributed by atoms with E-state index in [1.807, 2.05) is 55.5 Å². The van der Waals surface area contributed by atoms with Crippen LogP contribution in [0.4, 0.5) is 11.4 Å². The monoisotopic (exact) mass is 509 g/mol.